The van der Waals surface area contributed by atoms with Gasteiger partial charge in [-0.25, -0.2) is 0 Å². The highest BCUT2D eigenvalue weighted by molar-refractivity contribution is 7.99. The van der Waals surface area contributed by atoms with Crippen molar-refractivity contribution in [3.05, 3.63) is 0 Å². The van der Waals surface area contributed by atoms with Crippen LogP contribution < -0.4 is 0 Å². The molecule has 106 valence electrons. The van der Waals surface area contributed by atoms with Crippen molar-refractivity contribution in [3.63, 3.8) is 0 Å². The summed E-state index contributed by atoms with van der Waals surface area (Å²) in [5.74, 6) is 1.58. The highest BCUT2D eigenvalue weighted by atomic mass is 32.2. The van der Waals surface area contributed by atoms with Crippen LogP contribution in [0.2, 0.25) is 0 Å². The van der Waals surface area contributed by atoms with Crippen LogP contribution in [0.3, 0.4) is 0 Å². The minimum atomic E-state index is -0.439. The van der Waals surface area contributed by atoms with Crippen LogP contribution in [0.5, 0.6) is 0 Å². The van der Waals surface area contributed by atoms with Crippen LogP contribution in [0.4, 0.5) is 0 Å². The Balaban J connectivity index is 2.07. The summed E-state index contributed by atoms with van der Waals surface area (Å²) in [5.41, 5.74) is 0. The van der Waals surface area contributed by atoms with Gasteiger partial charge in [0.25, 0.3) is 0 Å². The van der Waals surface area contributed by atoms with E-state index in [1.165, 1.54) is 0 Å². The summed E-state index contributed by atoms with van der Waals surface area (Å²) in [7, 11) is 1.67. The summed E-state index contributed by atoms with van der Waals surface area (Å²) in [4.78, 5) is 0. The summed E-state index contributed by atoms with van der Waals surface area (Å²) >= 11 is 1.87. The smallest absolute Gasteiger partial charge is 0.186 e. The molecule has 0 radical (unpaired) electrons. The Hall–Kier alpha value is 0.190. The Kier molecular flexibility index (Phi) is 4.94. The van der Waals surface area contributed by atoms with Gasteiger partial charge in [0.15, 0.2) is 12.1 Å². The van der Waals surface area contributed by atoms with E-state index in [9.17, 15) is 0 Å². The predicted molar refractivity (Wildman–Crippen MR) is 71.7 cm³/mol. The van der Waals surface area contributed by atoms with Crippen LogP contribution >= 0.6 is 11.8 Å². The van der Waals surface area contributed by atoms with Gasteiger partial charge in [-0.15, -0.1) is 0 Å². The second-order valence-corrected chi connectivity index (χ2v) is 6.04. The van der Waals surface area contributed by atoms with E-state index < -0.39 is 5.79 Å². The zero-order chi connectivity index (χ0) is 13.2. The van der Waals surface area contributed by atoms with Crippen molar-refractivity contribution in [2.75, 3.05) is 18.6 Å². The number of fused-ring (bicyclic) bond motifs is 1. The Bertz CT molecular complexity index is 270. The molecule has 4 nitrogen and oxygen atoms in total. The minimum absolute atomic E-state index is 0.00824. The van der Waals surface area contributed by atoms with Crippen LogP contribution in [0, 0.1) is 0 Å². The van der Waals surface area contributed by atoms with E-state index in [0.29, 0.717) is 0 Å². The van der Waals surface area contributed by atoms with E-state index >= 15 is 0 Å². The van der Waals surface area contributed by atoms with Crippen LogP contribution in [0.1, 0.15) is 33.6 Å². The molecule has 2 aliphatic rings. The largest absolute Gasteiger partial charge is 0.353 e. The van der Waals surface area contributed by atoms with Crippen molar-refractivity contribution < 1.29 is 18.9 Å². The monoisotopic (exact) mass is 276 g/mol. The maximum atomic E-state index is 6.17. The number of hydrogen-bond acceptors (Lipinski definition) is 5. The molecule has 2 saturated heterocycles. The molecule has 0 saturated carbocycles. The van der Waals surface area contributed by atoms with Crippen molar-refractivity contribution in [1.29, 1.82) is 0 Å². The van der Waals surface area contributed by atoms with Gasteiger partial charge < -0.3 is 18.9 Å². The summed E-state index contributed by atoms with van der Waals surface area (Å²) in [6.07, 6.45) is 1.43. The van der Waals surface area contributed by atoms with E-state index in [0.717, 1.165) is 24.3 Å². The molecule has 0 bridgehead atoms. The molecule has 2 fully saturated rings. The number of rotatable bonds is 6. The quantitative estimate of drug-likeness (QED) is 0.744. The zero-order valence-electron chi connectivity index (χ0n) is 11.7. The topological polar surface area (TPSA) is 36.9 Å². The maximum absolute atomic E-state index is 6.17. The molecule has 0 aliphatic carbocycles. The van der Waals surface area contributed by atoms with Crippen LogP contribution in [0.15, 0.2) is 0 Å². The van der Waals surface area contributed by atoms with Crippen molar-refractivity contribution in [1.82, 2.24) is 0 Å². The lowest BCUT2D eigenvalue weighted by atomic mass is 10.1. The average Bonchev–Trinajstić information content (AvgIpc) is 2.92. The molecular weight excluding hydrogens is 252 g/mol. The Morgan fingerprint density at radius 2 is 1.78 bits per heavy atom. The standard InChI is InChI=1S/C13H24O4S/c1-5-13(6-2)16-10-9(8-18-7-3)15-12(14-4)11(10)17-13/h9-12H,5-8H2,1-4H3/t9-,10-,11-,12-/m1/s1. The first-order valence-electron chi connectivity index (χ1n) is 6.81. The predicted octanol–water partition coefficient (Wildman–Crippen LogP) is 2.41. The van der Waals surface area contributed by atoms with Gasteiger partial charge in [0.2, 0.25) is 0 Å². The third-order valence-electron chi connectivity index (χ3n) is 3.77. The van der Waals surface area contributed by atoms with Gasteiger partial charge >= 0.3 is 0 Å². The summed E-state index contributed by atoms with van der Waals surface area (Å²) in [6.45, 7) is 6.35. The molecule has 0 aromatic carbocycles. The molecule has 0 unspecified atom stereocenters. The third kappa shape index (κ3) is 2.56. The van der Waals surface area contributed by atoms with Crippen LogP contribution in [-0.4, -0.2) is 49.0 Å². The Morgan fingerprint density at radius 1 is 1.11 bits per heavy atom. The van der Waals surface area contributed by atoms with Gasteiger partial charge in [0, 0.05) is 12.9 Å². The van der Waals surface area contributed by atoms with Crippen molar-refractivity contribution in [3.8, 4) is 0 Å². The van der Waals surface area contributed by atoms with Gasteiger partial charge in [-0.1, -0.05) is 20.8 Å². The second-order valence-electron chi connectivity index (χ2n) is 4.72. The van der Waals surface area contributed by atoms with Crippen molar-refractivity contribution in [2.45, 2.75) is 64.0 Å². The normalized spacial score (nSPS) is 38.0. The summed E-state index contributed by atoms with van der Waals surface area (Å²) < 4.78 is 23.5. The van der Waals surface area contributed by atoms with E-state index in [1.807, 2.05) is 11.8 Å². The molecule has 18 heavy (non-hydrogen) atoms. The summed E-state index contributed by atoms with van der Waals surface area (Å²) in [5, 5.41) is 0. The van der Waals surface area contributed by atoms with E-state index in [2.05, 4.69) is 20.8 Å². The molecule has 2 aliphatic heterocycles. The molecule has 0 N–H and O–H groups in total. The van der Waals surface area contributed by atoms with Crippen LogP contribution in [-0.2, 0) is 18.9 Å². The van der Waals surface area contributed by atoms with Gasteiger partial charge in [-0.3, -0.25) is 0 Å². The first-order valence-corrected chi connectivity index (χ1v) is 7.96. The molecule has 2 rings (SSSR count). The lowest BCUT2D eigenvalue weighted by Crippen LogP contribution is -2.34. The van der Waals surface area contributed by atoms with Gasteiger partial charge in [0.05, 0.1) is 6.10 Å². The van der Waals surface area contributed by atoms with Gasteiger partial charge in [-0.2, -0.15) is 11.8 Å². The van der Waals surface area contributed by atoms with Crippen molar-refractivity contribution in [2.24, 2.45) is 0 Å². The van der Waals surface area contributed by atoms with Crippen LogP contribution in [0.25, 0.3) is 0 Å². The van der Waals surface area contributed by atoms with E-state index in [-0.39, 0.29) is 24.6 Å². The highest BCUT2D eigenvalue weighted by Crippen LogP contribution is 2.42. The number of methoxy groups -OCH3 is 1. The molecule has 2 heterocycles. The van der Waals surface area contributed by atoms with E-state index in [1.54, 1.807) is 7.11 Å². The molecule has 0 aromatic rings. The fourth-order valence-corrected chi connectivity index (χ4v) is 3.36. The maximum Gasteiger partial charge on any atom is 0.186 e. The third-order valence-corrected chi connectivity index (χ3v) is 4.74. The summed E-state index contributed by atoms with van der Waals surface area (Å²) in [6, 6.07) is 0. The SMILES string of the molecule is CCSC[C@H]1O[C@@H](OC)[C@@H]2OC(CC)(CC)O[C@@H]21. The minimum Gasteiger partial charge on any atom is -0.353 e. The molecule has 0 amide bonds. The number of thioether (sulfide) groups is 1. The molecular formula is C13H24O4S. The van der Waals surface area contributed by atoms with Gasteiger partial charge in [-0.05, 0) is 18.6 Å². The second kappa shape index (κ2) is 6.09. The Labute approximate surface area is 114 Å². The Morgan fingerprint density at radius 3 is 2.33 bits per heavy atom. The lowest BCUT2D eigenvalue weighted by molar-refractivity contribution is -0.241. The number of ether oxygens (including phenoxy) is 4. The average molecular weight is 276 g/mol. The zero-order valence-corrected chi connectivity index (χ0v) is 12.5. The molecule has 4 atom stereocenters. The fraction of sp³-hybridized carbons (Fsp3) is 1.00. The van der Waals surface area contributed by atoms with Gasteiger partial charge in [0.1, 0.15) is 12.2 Å². The lowest BCUT2D eigenvalue weighted by Gasteiger charge is -2.28. The molecule has 5 heteroatoms. The first kappa shape index (κ1) is 14.6. The first-order chi connectivity index (χ1) is 8.69. The molecule has 0 aromatic heterocycles. The van der Waals surface area contributed by atoms with Crippen molar-refractivity contribution >= 4 is 11.8 Å². The van der Waals surface area contributed by atoms with E-state index in [4.69, 9.17) is 18.9 Å². The fourth-order valence-electron chi connectivity index (χ4n) is 2.62. The number of hydrogen-bond donors (Lipinski definition) is 0. The highest BCUT2D eigenvalue weighted by Gasteiger charge is 2.57. The molecule has 0 spiro atoms.